The van der Waals surface area contributed by atoms with Gasteiger partial charge in [0.05, 0.1) is 11.4 Å². The van der Waals surface area contributed by atoms with Gasteiger partial charge in [0, 0.05) is 18.0 Å². The molecule has 0 bridgehead atoms. The number of nitrogens with one attached hydrogen (secondary N) is 1. The van der Waals surface area contributed by atoms with Crippen LogP contribution in [0.4, 0.5) is 0 Å². The van der Waals surface area contributed by atoms with Crippen LogP contribution in [0.15, 0.2) is 30.6 Å². The van der Waals surface area contributed by atoms with Crippen molar-refractivity contribution in [3.05, 3.63) is 41.9 Å². The topological polar surface area (TPSA) is 28.7 Å². The average Bonchev–Trinajstić information content (AvgIpc) is 2.74. The van der Waals surface area contributed by atoms with Crippen LogP contribution in [-0.4, -0.2) is 9.97 Å². The van der Waals surface area contributed by atoms with Crippen molar-refractivity contribution >= 4 is 0 Å². The van der Waals surface area contributed by atoms with Crippen LogP contribution < -0.4 is 0 Å². The van der Waals surface area contributed by atoms with Crippen molar-refractivity contribution in [2.75, 3.05) is 0 Å². The van der Waals surface area contributed by atoms with Crippen LogP contribution in [0.5, 0.6) is 0 Å². The third-order valence-electron chi connectivity index (χ3n) is 3.14. The number of aromatic nitrogens is 2. The van der Waals surface area contributed by atoms with Crippen LogP contribution in [0.2, 0.25) is 0 Å². The van der Waals surface area contributed by atoms with E-state index in [2.05, 4.69) is 42.9 Å². The fourth-order valence-corrected chi connectivity index (χ4v) is 1.95. The van der Waals surface area contributed by atoms with Gasteiger partial charge in [-0.3, -0.25) is 4.98 Å². The van der Waals surface area contributed by atoms with Gasteiger partial charge in [-0.1, -0.05) is 13.8 Å². The molecule has 1 atom stereocenters. The van der Waals surface area contributed by atoms with Gasteiger partial charge in [0.15, 0.2) is 0 Å². The van der Waals surface area contributed by atoms with Gasteiger partial charge in [0.2, 0.25) is 0 Å². The van der Waals surface area contributed by atoms with Gasteiger partial charge in [0.25, 0.3) is 0 Å². The molecule has 0 aliphatic heterocycles. The van der Waals surface area contributed by atoms with Gasteiger partial charge < -0.3 is 4.98 Å². The highest BCUT2D eigenvalue weighted by atomic mass is 14.7. The van der Waals surface area contributed by atoms with Crippen LogP contribution in [-0.2, 0) is 0 Å². The lowest BCUT2D eigenvalue weighted by Crippen LogP contribution is -1.99. The van der Waals surface area contributed by atoms with Crippen LogP contribution in [0, 0.1) is 6.92 Å². The predicted molar refractivity (Wildman–Crippen MR) is 67.5 cm³/mol. The number of nitrogens with zero attached hydrogens (tertiary/aromatic N) is 1. The number of pyridine rings is 1. The molecule has 0 aliphatic carbocycles. The van der Waals surface area contributed by atoms with Crippen molar-refractivity contribution in [3.63, 3.8) is 0 Å². The molecule has 0 aromatic carbocycles. The van der Waals surface area contributed by atoms with Crippen molar-refractivity contribution in [2.24, 2.45) is 0 Å². The van der Waals surface area contributed by atoms with E-state index in [1.807, 2.05) is 18.5 Å². The summed E-state index contributed by atoms with van der Waals surface area (Å²) in [5, 5.41) is 0. The van der Waals surface area contributed by atoms with Gasteiger partial charge in [-0.05, 0) is 43.0 Å². The first kappa shape index (κ1) is 10.9. The second-order valence-corrected chi connectivity index (χ2v) is 4.28. The first-order chi connectivity index (χ1) is 7.74. The summed E-state index contributed by atoms with van der Waals surface area (Å²) in [4.78, 5) is 7.83. The number of hydrogen-bond acceptors (Lipinski definition) is 1. The maximum Gasteiger partial charge on any atom is 0.0524 e. The van der Waals surface area contributed by atoms with Crippen LogP contribution >= 0.6 is 0 Å². The molecule has 1 unspecified atom stereocenters. The number of rotatable bonds is 3. The first-order valence-corrected chi connectivity index (χ1v) is 5.83. The van der Waals surface area contributed by atoms with Crippen LogP contribution in [0.1, 0.15) is 37.4 Å². The number of aryl methyl sites for hydroxylation is 1. The lowest BCUT2D eigenvalue weighted by Gasteiger charge is -2.13. The molecular weight excluding hydrogens is 196 g/mol. The summed E-state index contributed by atoms with van der Waals surface area (Å²) >= 11 is 0. The molecular formula is C14H18N2. The molecule has 1 N–H and O–H groups in total. The Labute approximate surface area is 96.7 Å². The minimum absolute atomic E-state index is 0.499. The standard InChI is InChI=1S/C14H18N2/c1-4-10(2)13-12(6-5-8-15-13)14-11(3)7-9-16-14/h5-10,16H,4H2,1-3H3. The lowest BCUT2D eigenvalue weighted by molar-refractivity contribution is 0.710. The van der Waals surface area contributed by atoms with E-state index in [0.29, 0.717) is 5.92 Å². The van der Waals surface area contributed by atoms with E-state index in [1.54, 1.807) is 0 Å². The number of H-pyrrole nitrogens is 1. The Hall–Kier alpha value is -1.57. The Balaban J connectivity index is 2.53. The van der Waals surface area contributed by atoms with E-state index in [4.69, 9.17) is 0 Å². The molecule has 2 heterocycles. The lowest BCUT2D eigenvalue weighted by atomic mass is 9.97. The molecule has 84 valence electrons. The quantitative estimate of drug-likeness (QED) is 0.824. The zero-order valence-corrected chi connectivity index (χ0v) is 10.1. The summed E-state index contributed by atoms with van der Waals surface area (Å²) < 4.78 is 0. The number of aromatic amines is 1. The SMILES string of the molecule is CCC(C)c1ncccc1-c1[nH]ccc1C. The monoisotopic (exact) mass is 214 g/mol. The maximum absolute atomic E-state index is 4.53. The minimum Gasteiger partial charge on any atom is -0.361 e. The van der Waals surface area contributed by atoms with Crippen molar-refractivity contribution in [3.8, 4) is 11.3 Å². The third-order valence-corrected chi connectivity index (χ3v) is 3.14. The largest absolute Gasteiger partial charge is 0.361 e. The molecule has 2 nitrogen and oxygen atoms in total. The van der Waals surface area contributed by atoms with Crippen molar-refractivity contribution in [1.82, 2.24) is 9.97 Å². The Kier molecular flexibility index (Phi) is 3.09. The Bertz CT molecular complexity index is 471. The highest BCUT2D eigenvalue weighted by Gasteiger charge is 2.13. The molecule has 16 heavy (non-hydrogen) atoms. The van der Waals surface area contributed by atoms with Crippen LogP contribution in [0.3, 0.4) is 0 Å². The summed E-state index contributed by atoms with van der Waals surface area (Å²) in [7, 11) is 0. The molecule has 0 fully saturated rings. The van der Waals surface area contributed by atoms with Gasteiger partial charge >= 0.3 is 0 Å². The van der Waals surface area contributed by atoms with Crippen LogP contribution in [0.25, 0.3) is 11.3 Å². The van der Waals surface area contributed by atoms with Crippen molar-refractivity contribution in [1.29, 1.82) is 0 Å². The Morgan fingerprint density at radius 1 is 1.38 bits per heavy atom. The molecule has 2 rings (SSSR count). The molecule has 2 heteroatoms. The zero-order chi connectivity index (χ0) is 11.5. The van der Waals surface area contributed by atoms with Gasteiger partial charge in [0.1, 0.15) is 0 Å². The van der Waals surface area contributed by atoms with Gasteiger partial charge in [-0.2, -0.15) is 0 Å². The maximum atomic E-state index is 4.53. The number of hydrogen-bond donors (Lipinski definition) is 1. The minimum atomic E-state index is 0.499. The van der Waals surface area contributed by atoms with E-state index < -0.39 is 0 Å². The highest BCUT2D eigenvalue weighted by Crippen LogP contribution is 2.29. The van der Waals surface area contributed by atoms with Crippen molar-refractivity contribution < 1.29 is 0 Å². The average molecular weight is 214 g/mol. The fraction of sp³-hybridized carbons (Fsp3) is 0.357. The third kappa shape index (κ3) is 1.87. The molecule has 0 radical (unpaired) electrons. The second kappa shape index (κ2) is 4.52. The summed E-state index contributed by atoms with van der Waals surface area (Å²) in [6.45, 7) is 6.55. The highest BCUT2D eigenvalue weighted by molar-refractivity contribution is 5.66. The van der Waals surface area contributed by atoms with E-state index >= 15 is 0 Å². The molecule has 0 spiro atoms. The van der Waals surface area contributed by atoms with E-state index in [9.17, 15) is 0 Å². The molecule has 0 saturated heterocycles. The zero-order valence-electron chi connectivity index (χ0n) is 10.1. The summed E-state index contributed by atoms with van der Waals surface area (Å²) in [6.07, 6.45) is 4.98. The predicted octanol–water partition coefficient (Wildman–Crippen LogP) is 3.90. The Morgan fingerprint density at radius 3 is 2.81 bits per heavy atom. The molecule has 2 aromatic heterocycles. The van der Waals surface area contributed by atoms with Gasteiger partial charge in [-0.25, -0.2) is 0 Å². The van der Waals surface area contributed by atoms with E-state index in [-0.39, 0.29) is 0 Å². The first-order valence-electron chi connectivity index (χ1n) is 5.83. The van der Waals surface area contributed by atoms with Gasteiger partial charge in [-0.15, -0.1) is 0 Å². The van der Waals surface area contributed by atoms with E-state index in [0.717, 1.165) is 6.42 Å². The summed E-state index contributed by atoms with van der Waals surface area (Å²) in [5.74, 6) is 0.499. The normalized spacial score (nSPS) is 12.7. The van der Waals surface area contributed by atoms with E-state index in [1.165, 1.54) is 22.5 Å². The fourth-order valence-electron chi connectivity index (χ4n) is 1.95. The molecule has 0 aliphatic rings. The molecule has 0 saturated carbocycles. The summed E-state index contributed by atoms with van der Waals surface area (Å²) in [5.41, 5.74) is 4.90. The molecule has 0 amide bonds. The smallest absolute Gasteiger partial charge is 0.0524 e. The molecule has 2 aromatic rings. The summed E-state index contributed by atoms with van der Waals surface area (Å²) in [6, 6.07) is 6.25. The Morgan fingerprint density at radius 2 is 2.19 bits per heavy atom. The second-order valence-electron chi connectivity index (χ2n) is 4.28. The van der Waals surface area contributed by atoms with Crippen molar-refractivity contribution in [2.45, 2.75) is 33.1 Å².